The van der Waals surface area contributed by atoms with E-state index in [0.29, 0.717) is 6.54 Å². The Labute approximate surface area is 170 Å². The molecular formula is C22H38N4O2. The second-order valence-electron chi connectivity index (χ2n) is 8.82. The number of furan rings is 1. The minimum absolute atomic E-state index is 0.0732. The molecule has 2 N–H and O–H groups in total. The van der Waals surface area contributed by atoms with E-state index in [4.69, 9.17) is 4.42 Å². The van der Waals surface area contributed by atoms with E-state index < -0.39 is 0 Å². The van der Waals surface area contributed by atoms with Crippen molar-refractivity contribution in [2.45, 2.75) is 52.0 Å². The molecule has 158 valence electrons. The molecule has 0 radical (unpaired) electrons. The summed E-state index contributed by atoms with van der Waals surface area (Å²) in [6.45, 7) is 11.8. The first-order chi connectivity index (χ1) is 13.6. The average Bonchev–Trinajstić information content (AvgIpc) is 3.35. The number of nitrogens with one attached hydrogen (secondary N) is 2. The van der Waals surface area contributed by atoms with Gasteiger partial charge in [-0.2, -0.15) is 0 Å². The molecule has 0 saturated carbocycles. The number of unbranched alkanes of at least 4 members (excludes halogenated alkanes) is 1. The minimum Gasteiger partial charge on any atom is -0.468 e. The molecule has 6 heteroatoms. The number of nitrogens with zero attached hydrogens (tertiary/aromatic N) is 2. The first kappa shape index (κ1) is 21.2. The molecule has 28 heavy (non-hydrogen) atoms. The van der Waals surface area contributed by atoms with Gasteiger partial charge in [0.05, 0.1) is 12.3 Å². The van der Waals surface area contributed by atoms with Crippen molar-refractivity contribution >= 4 is 6.03 Å². The zero-order chi connectivity index (χ0) is 19.8. The summed E-state index contributed by atoms with van der Waals surface area (Å²) >= 11 is 0. The molecule has 2 aliphatic heterocycles. The Bertz CT molecular complexity index is 561. The molecular weight excluding hydrogens is 352 g/mol. The first-order valence-corrected chi connectivity index (χ1v) is 11.1. The highest BCUT2D eigenvalue weighted by Crippen LogP contribution is 2.25. The van der Waals surface area contributed by atoms with Crippen LogP contribution in [0.5, 0.6) is 0 Å². The van der Waals surface area contributed by atoms with Crippen molar-refractivity contribution < 1.29 is 9.21 Å². The molecule has 0 bridgehead atoms. The van der Waals surface area contributed by atoms with Crippen LogP contribution in [0.2, 0.25) is 0 Å². The number of rotatable bonds is 9. The van der Waals surface area contributed by atoms with Crippen molar-refractivity contribution in [1.82, 2.24) is 20.4 Å². The van der Waals surface area contributed by atoms with Crippen molar-refractivity contribution in [3.05, 3.63) is 24.2 Å². The van der Waals surface area contributed by atoms with Crippen LogP contribution < -0.4 is 10.6 Å². The van der Waals surface area contributed by atoms with Crippen LogP contribution in [-0.4, -0.2) is 61.6 Å². The summed E-state index contributed by atoms with van der Waals surface area (Å²) in [5, 5.41) is 6.05. The number of carbonyl (C=O) groups excluding carboxylic acids is 1. The van der Waals surface area contributed by atoms with Gasteiger partial charge in [-0.15, -0.1) is 0 Å². The van der Waals surface area contributed by atoms with Crippen LogP contribution in [-0.2, 0) is 0 Å². The molecule has 3 atom stereocenters. The molecule has 1 aromatic heterocycles. The standard InChI is InChI=1S/C22H38N4O2/c1-18-14-19(2)17-25(16-18)10-4-3-9-23-22(27)24-15-20(21-8-7-13-28-21)26-11-5-6-12-26/h7-8,13,18-20H,3-6,9-12,14-17H2,1-2H3,(H2,23,24,27). The van der Waals surface area contributed by atoms with Crippen molar-refractivity contribution in [1.29, 1.82) is 0 Å². The number of carbonyl (C=O) groups is 1. The van der Waals surface area contributed by atoms with Gasteiger partial charge in [0.15, 0.2) is 0 Å². The van der Waals surface area contributed by atoms with Gasteiger partial charge in [0.25, 0.3) is 0 Å². The average molecular weight is 391 g/mol. The molecule has 2 fully saturated rings. The maximum Gasteiger partial charge on any atom is 0.314 e. The van der Waals surface area contributed by atoms with E-state index in [2.05, 4.69) is 34.3 Å². The zero-order valence-electron chi connectivity index (χ0n) is 17.7. The summed E-state index contributed by atoms with van der Waals surface area (Å²) in [6, 6.07) is 3.98. The molecule has 0 spiro atoms. The first-order valence-electron chi connectivity index (χ1n) is 11.1. The maximum atomic E-state index is 12.2. The van der Waals surface area contributed by atoms with Gasteiger partial charge >= 0.3 is 6.03 Å². The summed E-state index contributed by atoms with van der Waals surface area (Å²) in [7, 11) is 0. The van der Waals surface area contributed by atoms with Crippen LogP contribution in [0.1, 0.15) is 57.8 Å². The van der Waals surface area contributed by atoms with Crippen LogP contribution in [0.25, 0.3) is 0 Å². The molecule has 2 aliphatic rings. The molecule has 1 aromatic rings. The monoisotopic (exact) mass is 390 g/mol. The summed E-state index contributed by atoms with van der Waals surface area (Å²) in [5.74, 6) is 2.56. The van der Waals surface area contributed by atoms with Gasteiger partial charge in [0.2, 0.25) is 0 Å². The van der Waals surface area contributed by atoms with E-state index in [9.17, 15) is 4.79 Å². The molecule has 0 aromatic carbocycles. The summed E-state index contributed by atoms with van der Waals surface area (Å²) < 4.78 is 5.61. The third kappa shape index (κ3) is 6.52. The Morgan fingerprint density at radius 1 is 1.18 bits per heavy atom. The molecule has 6 nitrogen and oxygen atoms in total. The quantitative estimate of drug-likeness (QED) is 0.634. The molecule has 3 rings (SSSR count). The predicted octanol–water partition coefficient (Wildman–Crippen LogP) is 3.47. The number of piperidine rings is 1. The van der Waals surface area contributed by atoms with Crippen LogP contribution in [0, 0.1) is 11.8 Å². The maximum absolute atomic E-state index is 12.2. The number of amides is 2. The highest BCUT2D eigenvalue weighted by Gasteiger charge is 2.26. The van der Waals surface area contributed by atoms with Gasteiger partial charge in [-0.05, 0) is 75.7 Å². The highest BCUT2D eigenvalue weighted by molar-refractivity contribution is 5.73. The van der Waals surface area contributed by atoms with E-state index >= 15 is 0 Å². The third-order valence-corrected chi connectivity index (χ3v) is 6.04. The fourth-order valence-corrected chi connectivity index (χ4v) is 4.83. The Balaban J connectivity index is 1.30. The Morgan fingerprint density at radius 3 is 2.61 bits per heavy atom. The summed E-state index contributed by atoms with van der Waals surface area (Å²) in [5.41, 5.74) is 0. The zero-order valence-corrected chi connectivity index (χ0v) is 17.7. The Kier molecular flexibility index (Phi) is 8.22. The third-order valence-electron chi connectivity index (χ3n) is 6.04. The summed E-state index contributed by atoms with van der Waals surface area (Å²) in [6.07, 6.45) is 7.68. The van der Waals surface area contributed by atoms with E-state index in [1.165, 1.54) is 32.4 Å². The fraction of sp³-hybridized carbons (Fsp3) is 0.773. The normalized spacial score (nSPS) is 24.9. The van der Waals surface area contributed by atoms with Gasteiger partial charge in [0.1, 0.15) is 5.76 Å². The van der Waals surface area contributed by atoms with E-state index in [1.54, 1.807) is 6.26 Å². The van der Waals surface area contributed by atoms with Crippen molar-refractivity contribution in [2.75, 3.05) is 45.8 Å². The Morgan fingerprint density at radius 2 is 1.93 bits per heavy atom. The second-order valence-corrected chi connectivity index (χ2v) is 8.82. The molecule has 3 heterocycles. The van der Waals surface area contributed by atoms with Gasteiger partial charge in [0, 0.05) is 26.2 Å². The van der Waals surface area contributed by atoms with Crippen LogP contribution in [0.4, 0.5) is 4.79 Å². The molecule has 0 aliphatic carbocycles. The lowest BCUT2D eigenvalue weighted by Crippen LogP contribution is -2.42. The van der Waals surface area contributed by atoms with Gasteiger partial charge in [-0.1, -0.05) is 13.8 Å². The topological polar surface area (TPSA) is 60.8 Å². The number of hydrogen-bond acceptors (Lipinski definition) is 4. The smallest absolute Gasteiger partial charge is 0.314 e. The van der Waals surface area contributed by atoms with E-state index in [-0.39, 0.29) is 12.1 Å². The molecule has 2 saturated heterocycles. The van der Waals surface area contributed by atoms with Gasteiger partial charge in [-0.3, -0.25) is 4.90 Å². The molecule has 2 amide bonds. The second kappa shape index (κ2) is 10.9. The lowest BCUT2D eigenvalue weighted by molar-refractivity contribution is 0.139. The Hall–Kier alpha value is -1.53. The largest absolute Gasteiger partial charge is 0.468 e. The summed E-state index contributed by atoms with van der Waals surface area (Å²) in [4.78, 5) is 17.2. The SMILES string of the molecule is CC1CC(C)CN(CCCCNC(=O)NCC(c2ccco2)N2CCCC2)C1. The lowest BCUT2D eigenvalue weighted by Gasteiger charge is -2.34. The van der Waals surface area contributed by atoms with Crippen LogP contribution in [0.15, 0.2) is 22.8 Å². The van der Waals surface area contributed by atoms with Gasteiger partial charge in [-0.25, -0.2) is 4.79 Å². The predicted molar refractivity (Wildman–Crippen MR) is 112 cm³/mol. The van der Waals surface area contributed by atoms with Crippen molar-refractivity contribution in [3.8, 4) is 0 Å². The number of urea groups is 1. The number of hydrogen-bond donors (Lipinski definition) is 2. The number of likely N-dealkylation sites (tertiary alicyclic amines) is 2. The lowest BCUT2D eigenvalue weighted by atomic mass is 9.92. The van der Waals surface area contributed by atoms with E-state index in [0.717, 1.165) is 56.6 Å². The molecule has 3 unspecified atom stereocenters. The van der Waals surface area contributed by atoms with Crippen molar-refractivity contribution in [2.24, 2.45) is 11.8 Å². The van der Waals surface area contributed by atoms with Crippen molar-refractivity contribution in [3.63, 3.8) is 0 Å². The highest BCUT2D eigenvalue weighted by atomic mass is 16.3. The van der Waals surface area contributed by atoms with Crippen LogP contribution >= 0.6 is 0 Å². The van der Waals surface area contributed by atoms with E-state index in [1.807, 2.05) is 12.1 Å². The minimum atomic E-state index is -0.0732. The van der Waals surface area contributed by atoms with Crippen LogP contribution in [0.3, 0.4) is 0 Å². The van der Waals surface area contributed by atoms with Gasteiger partial charge < -0.3 is 20.0 Å². The fourth-order valence-electron chi connectivity index (χ4n) is 4.83.